The maximum Gasteiger partial charge on any atom is 0.321 e. The summed E-state index contributed by atoms with van der Waals surface area (Å²) in [6.45, 7) is -0.537. The number of sulfonamides is 1. The third kappa shape index (κ3) is 4.05. The van der Waals surface area contributed by atoms with Crippen LogP contribution in [0.2, 0.25) is 0 Å². The van der Waals surface area contributed by atoms with Gasteiger partial charge >= 0.3 is 5.97 Å². The summed E-state index contributed by atoms with van der Waals surface area (Å²) in [6.07, 6.45) is 0.148. The van der Waals surface area contributed by atoms with Gasteiger partial charge in [-0.15, -0.1) is 0 Å². The molecular weight excluding hydrogens is 358 g/mol. The van der Waals surface area contributed by atoms with Gasteiger partial charge in [-0.2, -0.15) is 4.31 Å². The zero-order valence-electron chi connectivity index (χ0n) is 13.3. The van der Waals surface area contributed by atoms with Crippen molar-refractivity contribution in [3.63, 3.8) is 0 Å². The fourth-order valence-corrected chi connectivity index (χ4v) is 5.91. The topological polar surface area (TPSA) is 107 Å². The van der Waals surface area contributed by atoms with Crippen LogP contribution in [0.5, 0.6) is 5.75 Å². The van der Waals surface area contributed by atoms with Gasteiger partial charge in [0.15, 0.2) is 9.84 Å². The molecule has 0 aliphatic carbocycles. The highest BCUT2D eigenvalue weighted by molar-refractivity contribution is 7.92. The second-order valence-electron chi connectivity index (χ2n) is 5.36. The molecular formula is C14H19NO7S2. The molecule has 1 aromatic carbocycles. The van der Waals surface area contributed by atoms with E-state index < -0.39 is 38.4 Å². The highest BCUT2D eigenvalue weighted by Crippen LogP contribution is 2.26. The molecule has 134 valence electrons. The lowest BCUT2D eigenvalue weighted by atomic mass is 10.2. The molecule has 10 heteroatoms. The van der Waals surface area contributed by atoms with Crippen LogP contribution >= 0.6 is 0 Å². The second-order valence-corrected chi connectivity index (χ2v) is 9.48. The monoisotopic (exact) mass is 377 g/mol. The number of methoxy groups -OCH3 is 2. The smallest absolute Gasteiger partial charge is 0.321 e. The van der Waals surface area contributed by atoms with E-state index in [0.717, 1.165) is 11.4 Å². The lowest BCUT2D eigenvalue weighted by Crippen LogP contribution is -2.44. The van der Waals surface area contributed by atoms with Crippen LogP contribution in [0.1, 0.15) is 6.42 Å². The Kier molecular flexibility index (Phi) is 5.51. The number of benzene rings is 1. The summed E-state index contributed by atoms with van der Waals surface area (Å²) in [5.74, 6) is -0.680. The summed E-state index contributed by atoms with van der Waals surface area (Å²) in [4.78, 5) is 11.6. The van der Waals surface area contributed by atoms with Gasteiger partial charge < -0.3 is 9.47 Å². The number of esters is 1. The predicted octanol–water partition coefficient (Wildman–Crippen LogP) is 0.0460. The van der Waals surface area contributed by atoms with Crippen molar-refractivity contribution in [2.24, 2.45) is 0 Å². The summed E-state index contributed by atoms with van der Waals surface area (Å²) >= 11 is 0. The number of carbonyl (C=O) groups excluding carboxylic acids is 1. The normalized spacial score (nSPS) is 20.0. The minimum atomic E-state index is -4.05. The Morgan fingerprint density at radius 1 is 1.25 bits per heavy atom. The molecule has 1 aromatic rings. The summed E-state index contributed by atoms with van der Waals surface area (Å²) < 4.78 is 59.6. The third-order valence-electron chi connectivity index (χ3n) is 3.79. The zero-order valence-corrected chi connectivity index (χ0v) is 15.0. The van der Waals surface area contributed by atoms with Crippen molar-refractivity contribution in [2.75, 3.05) is 32.3 Å². The molecule has 0 bridgehead atoms. The molecule has 0 spiro atoms. The molecule has 1 unspecified atom stereocenters. The summed E-state index contributed by atoms with van der Waals surface area (Å²) in [6, 6.07) is 4.87. The molecule has 0 aromatic heterocycles. The number of hydrogen-bond donors (Lipinski definition) is 0. The first-order chi connectivity index (χ1) is 11.2. The molecule has 8 nitrogen and oxygen atoms in total. The molecule has 1 saturated heterocycles. The number of sulfone groups is 1. The molecule has 1 aliphatic rings. The van der Waals surface area contributed by atoms with Crippen LogP contribution in [0.3, 0.4) is 0 Å². The lowest BCUT2D eigenvalue weighted by molar-refractivity contribution is -0.141. The van der Waals surface area contributed by atoms with Crippen LogP contribution < -0.4 is 4.74 Å². The number of hydrogen-bond acceptors (Lipinski definition) is 7. The van der Waals surface area contributed by atoms with Gasteiger partial charge in [0.1, 0.15) is 12.3 Å². The van der Waals surface area contributed by atoms with E-state index in [9.17, 15) is 21.6 Å². The van der Waals surface area contributed by atoms with Crippen LogP contribution in [0.25, 0.3) is 0 Å². The van der Waals surface area contributed by atoms with E-state index in [4.69, 9.17) is 4.74 Å². The highest BCUT2D eigenvalue weighted by atomic mass is 32.2. The van der Waals surface area contributed by atoms with Gasteiger partial charge in [-0.05, 0) is 30.7 Å². The summed E-state index contributed by atoms with van der Waals surface area (Å²) in [5, 5.41) is 0. The fraction of sp³-hybridized carbons (Fsp3) is 0.500. The van der Waals surface area contributed by atoms with Crippen molar-refractivity contribution < 1.29 is 31.1 Å². The number of carbonyl (C=O) groups is 1. The van der Waals surface area contributed by atoms with Crippen LogP contribution in [-0.2, 0) is 29.4 Å². The molecule has 1 aliphatic heterocycles. The van der Waals surface area contributed by atoms with E-state index in [1.54, 1.807) is 0 Å². The Bertz CT molecular complexity index is 800. The van der Waals surface area contributed by atoms with Crippen LogP contribution in [0.15, 0.2) is 29.2 Å². The fourth-order valence-electron chi connectivity index (χ4n) is 2.49. The van der Waals surface area contributed by atoms with Gasteiger partial charge in [-0.3, -0.25) is 4.79 Å². The molecule has 2 rings (SSSR count). The molecule has 24 heavy (non-hydrogen) atoms. The largest absolute Gasteiger partial charge is 0.497 e. The molecule has 1 heterocycles. The third-order valence-corrected chi connectivity index (χ3v) is 7.46. The Morgan fingerprint density at radius 3 is 2.33 bits per heavy atom. The van der Waals surface area contributed by atoms with Crippen LogP contribution in [0.4, 0.5) is 0 Å². The van der Waals surface area contributed by atoms with E-state index in [2.05, 4.69) is 4.74 Å². The zero-order chi connectivity index (χ0) is 18.0. The number of ether oxygens (including phenoxy) is 2. The van der Waals surface area contributed by atoms with Gasteiger partial charge in [0.25, 0.3) is 0 Å². The minimum Gasteiger partial charge on any atom is -0.497 e. The average molecular weight is 377 g/mol. The van der Waals surface area contributed by atoms with Crippen LogP contribution in [0, 0.1) is 0 Å². The van der Waals surface area contributed by atoms with Crippen molar-refractivity contribution in [3.8, 4) is 5.75 Å². The van der Waals surface area contributed by atoms with Gasteiger partial charge in [0.2, 0.25) is 10.0 Å². The number of rotatable bonds is 6. The van der Waals surface area contributed by atoms with E-state index in [1.807, 2.05) is 0 Å². The van der Waals surface area contributed by atoms with Crippen molar-refractivity contribution in [1.29, 1.82) is 0 Å². The molecule has 1 atom stereocenters. The maximum absolute atomic E-state index is 12.9. The Balaban J connectivity index is 2.38. The van der Waals surface area contributed by atoms with Gasteiger partial charge in [-0.25, -0.2) is 16.8 Å². The Labute approximate surface area is 141 Å². The van der Waals surface area contributed by atoms with E-state index in [0.29, 0.717) is 5.75 Å². The quantitative estimate of drug-likeness (QED) is 0.645. The van der Waals surface area contributed by atoms with Crippen molar-refractivity contribution >= 4 is 25.8 Å². The van der Waals surface area contributed by atoms with E-state index in [1.165, 1.54) is 31.4 Å². The van der Waals surface area contributed by atoms with Crippen molar-refractivity contribution in [3.05, 3.63) is 24.3 Å². The Morgan fingerprint density at radius 2 is 1.88 bits per heavy atom. The molecule has 0 radical (unpaired) electrons. The van der Waals surface area contributed by atoms with Gasteiger partial charge in [-0.1, -0.05) is 0 Å². The molecule has 1 fully saturated rings. The summed E-state index contributed by atoms with van der Waals surface area (Å²) in [7, 11) is -4.77. The lowest BCUT2D eigenvalue weighted by Gasteiger charge is -2.26. The first-order valence-corrected chi connectivity index (χ1v) is 10.4. The minimum absolute atomic E-state index is 0.0449. The predicted molar refractivity (Wildman–Crippen MR) is 86.0 cm³/mol. The van der Waals surface area contributed by atoms with Crippen molar-refractivity contribution in [2.45, 2.75) is 17.4 Å². The van der Waals surface area contributed by atoms with E-state index in [-0.39, 0.29) is 22.8 Å². The SMILES string of the molecule is COC(=O)CN(C1CCS(=O)(=O)C1)S(=O)(=O)c1ccc(OC)cc1. The Hall–Kier alpha value is -1.65. The highest BCUT2D eigenvalue weighted by Gasteiger charge is 2.40. The van der Waals surface area contributed by atoms with E-state index >= 15 is 0 Å². The molecule has 0 N–H and O–H groups in total. The number of nitrogens with zero attached hydrogens (tertiary/aromatic N) is 1. The molecule has 0 amide bonds. The van der Waals surface area contributed by atoms with Crippen LogP contribution in [-0.4, -0.2) is 65.4 Å². The first-order valence-electron chi connectivity index (χ1n) is 7.13. The maximum atomic E-state index is 12.9. The average Bonchev–Trinajstić information content (AvgIpc) is 2.91. The van der Waals surface area contributed by atoms with Gasteiger partial charge in [0, 0.05) is 6.04 Å². The van der Waals surface area contributed by atoms with Gasteiger partial charge in [0.05, 0.1) is 30.6 Å². The standard InChI is InChI=1S/C14H19NO7S2/c1-21-12-3-5-13(6-4-12)24(19,20)15(9-14(16)22-2)11-7-8-23(17,18)10-11/h3-6,11H,7-10H2,1-2H3. The molecule has 0 saturated carbocycles. The summed E-state index contributed by atoms with van der Waals surface area (Å²) in [5.41, 5.74) is 0. The van der Waals surface area contributed by atoms with Crippen molar-refractivity contribution in [1.82, 2.24) is 4.31 Å². The second kappa shape index (κ2) is 7.08. The first kappa shape index (κ1) is 18.7.